The largest absolute Gasteiger partial charge is 0.360 e. The van der Waals surface area contributed by atoms with E-state index in [0.717, 1.165) is 28.0 Å². The number of hydrogen-bond acceptors (Lipinski definition) is 7. The van der Waals surface area contributed by atoms with Crippen LogP contribution < -0.4 is 0 Å². The summed E-state index contributed by atoms with van der Waals surface area (Å²) in [4.78, 5) is 49.9. The number of ketones is 2. The Hall–Kier alpha value is -5.03. The van der Waals surface area contributed by atoms with Crippen molar-refractivity contribution in [2.24, 2.45) is 0 Å². The van der Waals surface area contributed by atoms with Crippen molar-refractivity contribution in [3.8, 4) is 0 Å². The Morgan fingerprint density at radius 1 is 0.672 bits per heavy atom. The highest BCUT2D eigenvalue weighted by Gasteiger charge is 2.42. The number of piperazine rings is 1. The highest BCUT2D eigenvalue weighted by Crippen LogP contribution is 2.34. The maximum atomic E-state index is 14.2. The Labute approximate surface area is 362 Å². The van der Waals surface area contributed by atoms with Gasteiger partial charge in [-0.1, -0.05) is 75.9 Å². The van der Waals surface area contributed by atoms with Gasteiger partial charge >= 0.3 is 0 Å². The van der Waals surface area contributed by atoms with Crippen LogP contribution in [0.1, 0.15) is 102 Å². The van der Waals surface area contributed by atoms with Crippen LogP contribution in [-0.2, 0) is 22.4 Å². The fourth-order valence-electron chi connectivity index (χ4n) is 8.94. The molecule has 4 aromatic carbocycles. The summed E-state index contributed by atoms with van der Waals surface area (Å²) < 4.78 is 33.3. The summed E-state index contributed by atoms with van der Waals surface area (Å²) in [6.45, 7) is 15.6. The number of carbonyl (C=O) groups is 3. The van der Waals surface area contributed by atoms with Crippen molar-refractivity contribution >= 4 is 17.5 Å². The number of halogens is 2. The van der Waals surface area contributed by atoms with Crippen LogP contribution in [0.25, 0.3) is 0 Å². The molecular weight excluding hydrogens is 771 g/mol. The van der Waals surface area contributed by atoms with Crippen molar-refractivity contribution in [3.05, 3.63) is 154 Å². The van der Waals surface area contributed by atoms with E-state index < -0.39 is 23.2 Å². The molecule has 0 spiro atoms. The van der Waals surface area contributed by atoms with Gasteiger partial charge in [0.1, 0.15) is 17.9 Å². The van der Waals surface area contributed by atoms with E-state index in [9.17, 15) is 23.2 Å². The topological polar surface area (TPSA) is 73.4 Å². The molecule has 0 N–H and O–H groups in total. The number of nitrogens with zero attached hydrogens (tertiary/aromatic N) is 4. The van der Waals surface area contributed by atoms with Crippen LogP contribution in [-0.4, -0.2) is 109 Å². The molecule has 1 heterocycles. The van der Waals surface area contributed by atoms with Crippen molar-refractivity contribution < 1.29 is 27.9 Å². The third-order valence-corrected chi connectivity index (χ3v) is 13.4. The highest BCUT2D eigenvalue weighted by atomic mass is 19.1. The predicted molar refractivity (Wildman–Crippen MR) is 240 cm³/mol. The minimum Gasteiger partial charge on any atom is -0.360 e. The first-order chi connectivity index (χ1) is 28.9. The normalized spacial score (nSPS) is 18.7. The maximum Gasteiger partial charge on any atom is 0.230 e. The summed E-state index contributed by atoms with van der Waals surface area (Å²) in [5, 5.41) is 0. The van der Waals surface area contributed by atoms with E-state index in [1.807, 2.05) is 87.9 Å². The molecule has 6 atom stereocenters. The van der Waals surface area contributed by atoms with Gasteiger partial charge in [0.05, 0.1) is 23.5 Å². The molecule has 5 rings (SSSR count). The fourth-order valence-corrected chi connectivity index (χ4v) is 8.94. The average molecular weight is 835 g/mol. The van der Waals surface area contributed by atoms with E-state index in [4.69, 9.17) is 4.74 Å². The van der Waals surface area contributed by atoms with Gasteiger partial charge in [-0.3, -0.25) is 24.2 Å². The highest BCUT2D eigenvalue weighted by molar-refractivity contribution is 6.04. The zero-order chi connectivity index (χ0) is 44.8. The van der Waals surface area contributed by atoms with E-state index in [-0.39, 0.29) is 41.1 Å². The zero-order valence-electron chi connectivity index (χ0n) is 37.7. The number of ether oxygens (including phenoxy) is 1. The van der Waals surface area contributed by atoms with Crippen molar-refractivity contribution in [3.63, 3.8) is 0 Å². The van der Waals surface area contributed by atoms with Gasteiger partial charge in [-0.25, -0.2) is 8.78 Å². The molecule has 61 heavy (non-hydrogen) atoms. The number of methoxy groups -OCH3 is 1. The second-order valence-electron chi connectivity index (χ2n) is 17.2. The maximum absolute atomic E-state index is 14.2. The second kappa shape index (κ2) is 19.8. The van der Waals surface area contributed by atoms with E-state index in [1.165, 1.54) is 24.3 Å². The summed E-state index contributed by atoms with van der Waals surface area (Å²) in [7, 11) is 9.29. The van der Waals surface area contributed by atoms with Gasteiger partial charge in [0.2, 0.25) is 5.91 Å². The molecule has 10 heteroatoms. The molecule has 1 fully saturated rings. The smallest absolute Gasteiger partial charge is 0.230 e. The molecule has 8 nitrogen and oxygen atoms in total. The third-order valence-electron chi connectivity index (χ3n) is 13.4. The number of rotatable bonds is 18. The molecule has 326 valence electrons. The van der Waals surface area contributed by atoms with Crippen LogP contribution in [0.2, 0.25) is 0 Å². The van der Waals surface area contributed by atoms with Crippen LogP contribution in [0.5, 0.6) is 0 Å². The lowest BCUT2D eigenvalue weighted by Crippen LogP contribution is -2.59. The van der Waals surface area contributed by atoms with E-state index in [0.29, 0.717) is 49.9 Å². The number of likely N-dealkylation sites (N-methyl/N-ethyl adjacent to an activating group) is 2. The monoisotopic (exact) mass is 834 g/mol. The number of allylic oxidation sites excluding steroid dienone is 1. The molecule has 1 saturated heterocycles. The van der Waals surface area contributed by atoms with Crippen molar-refractivity contribution in [1.29, 1.82) is 0 Å². The summed E-state index contributed by atoms with van der Waals surface area (Å²) >= 11 is 0. The number of hydrogen-bond donors (Lipinski definition) is 0. The second-order valence-corrected chi connectivity index (χ2v) is 17.2. The first kappa shape index (κ1) is 47.0. The Balaban J connectivity index is 1.24. The molecule has 0 radical (unpaired) electrons. The lowest BCUT2D eigenvalue weighted by molar-refractivity contribution is -0.147. The standard InChI is InChI=1S/C51H64F2N4O4/c1-12-50(54(7)8,47(58)42-22-26-44(52)27-23-42)30-38-14-18-40(19-15-38)35(4)37(6)57-32-34(3)56(33-46(57)61-11)49(60)36(5)41-20-16-39(17-21-41)31-51(13-2,55(9)10)48(59)43-24-28-45(53)29-25-43/h14-29,34-36,46H,6,12-13,30-33H2,1-5,7-11H3. The molecule has 0 aliphatic carbocycles. The molecule has 0 aromatic heterocycles. The van der Waals surface area contributed by atoms with Gasteiger partial charge < -0.3 is 14.5 Å². The molecule has 0 bridgehead atoms. The van der Waals surface area contributed by atoms with Crippen LogP contribution in [0.3, 0.4) is 0 Å². The van der Waals surface area contributed by atoms with Gasteiger partial charge in [0, 0.05) is 42.4 Å². The van der Waals surface area contributed by atoms with Crippen molar-refractivity contribution in [2.45, 2.75) is 95.5 Å². The van der Waals surface area contributed by atoms with Gasteiger partial charge in [-0.2, -0.15) is 0 Å². The van der Waals surface area contributed by atoms with Gasteiger partial charge in [0.15, 0.2) is 11.6 Å². The van der Waals surface area contributed by atoms with Gasteiger partial charge in [-0.15, -0.1) is 0 Å². The Kier molecular flexibility index (Phi) is 15.2. The Bertz CT molecular complexity index is 2140. The molecule has 1 aliphatic rings. The minimum atomic E-state index is -0.821. The Morgan fingerprint density at radius 2 is 1.07 bits per heavy atom. The van der Waals surface area contributed by atoms with Gasteiger partial charge in [-0.05, 0) is 139 Å². The quantitative estimate of drug-likeness (QED) is 0.0927. The van der Waals surface area contributed by atoms with E-state index in [1.54, 1.807) is 31.4 Å². The lowest BCUT2D eigenvalue weighted by Gasteiger charge is -2.47. The number of amides is 1. The number of Topliss-reactive ketones (excluding diaryl/α,β-unsaturated/α-hetero) is 2. The van der Waals surface area contributed by atoms with Crippen molar-refractivity contribution in [2.75, 3.05) is 48.4 Å². The van der Waals surface area contributed by atoms with Crippen LogP contribution in [0.15, 0.2) is 109 Å². The fraction of sp³-hybridized carbons (Fsp3) is 0.431. The van der Waals surface area contributed by atoms with Crippen LogP contribution in [0, 0.1) is 11.6 Å². The first-order valence-corrected chi connectivity index (χ1v) is 21.3. The SMILES string of the molecule is C=C(C(C)c1ccc(CC(CC)(C(=O)c2ccc(F)cc2)N(C)C)cc1)N1CC(C)N(C(=O)C(C)c2ccc(CC(CC)(C(=O)c3ccc(F)cc3)N(C)C)cc2)CC1OC. The molecule has 6 unspecified atom stereocenters. The predicted octanol–water partition coefficient (Wildman–Crippen LogP) is 9.16. The third kappa shape index (κ3) is 9.88. The average Bonchev–Trinajstić information content (AvgIpc) is 3.26. The molecular formula is C51H64F2N4O4. The Morgan fingerprint density at radius 3 is 1.43 bits per heavy atom. The summed E-state index contributed by atoms with van der Waals surface area (Å²) in [5.74, 6) is -1.29. The van der Waals surface area contributed by atoms with Crippen molar-refractivity contribution in [1.82, 2.24) is 19.6 Å². The van der Waals surface area contributed by atoms with Crippen LogP contribution >= 0.6 is 0 Å². The summed E-state index contributed by atoms with van der Waals surface area (Å²) in [6.07, 6.45) is 1.73. The molecule has 0 saturated carbocycles. The summed E-state index contributed by atoms with van der Waals surface area (Å²) in [6, 6.07) is 27.7. The minimum absolute atomic E-state index is 0.0117. The summed E-state index contributed by atoms with van der Waals surface area (Å²) in [5.41, 5.74) is 4.18. The van der Waals surface area contributed by atoms with Gasteiger partial charge in [0.25, 0.3) is 0 Å². The van der Waals surface area contributed by atoms with E-state index in [2.05, 4.69) is 49.6 Å². The first-order valence-electron chi connectivity index (χ1n) is 21.3. The molecule has 4 aromatic rings. The molecule has 1 aliphatic heterocycles. The number of benzene rings is 4. The number of carbonyl (C=O) groups excluding carboxylic acids is 3. The molecule has 1 amide bonds. The lowest BCUT2D eigenvalue weighted by atomic mass is 9.80. The zero-order valence-corrected chi connectivity index (χ0v) is 37.7. The van der Waals surface area contributed by atoms with E-state index >= 15 is 0 Å². The van der Waals surface area contributed by atoms with Crippen LogP contribution in [0.4, 0.5) is 8.78 Å².